The molecule has 25 heavy (non-hydrogen) atoms. The van der Waals surface area contributed by atoms with Crippen molar-refractivity contribution in [1.29, 1.82) is 0 Å². The minimum atomic E-state index is -0.226. The molecule has 5 nitrogen and oxygen atoms in total. The fourth-order valence-corrected chi connectivity index (χ4v) is 3.31. The fraction of sp³-hybridized carbons (Fsp3) is 0.278. The number of carbonyl (C=O) groups is 2. The van der Waals surface area contributed by atoms with E-state index < -0.39 is 0 Å². The molecule has 7 heteroatoms. The zero-order valence-corrected chi connectivity index (χ0v) is 14.9. The molecule has 1 saturated heterocycles. The molecule has 1 aromatic heterocycles. The van der Waals surface area contributed by atoms with Crippen LogP contribution in [0.15, 0.2) is 42.6 Å². The number of amides is 2. The van der Waals surface area contributed by atoms with Crippen LogP contribution in [0.1, 0.15) is 33.7 Å². The number of nitrogens with one attached hydrogen (secondary N) is 1. The number of aromatic nitrogens is 1. The van der Waals surface area contributed by atoms with Crippen LogP contribution in [0, 0.1) is 0 Å². The van der Waals surface area contributed by atoms with E-state index in [9.17, 15) is 9.59 Å². The second kappa shape index (κ2) is 7.85. The summed E-state index contributed by atoms with van der Waals surface area (Å²) in [5.74, 6) is -0.303. The maximum atomic E-state index is 12.4. The lowest BCUT2D eigenvalue weighted by atomic mass is 10.0. The summed E-state index contributed by atoms with van der Waals surface area (Å²) in [4.78, 5) is 30.6. The molecule has 2 amide bonds. The minimum absolute atomic E-state index is 0.00651. The molecule has 0 saturated carbocycles. The summed E-state index contributed by atoms with van der Waals surface area (Å²) < 4.78 is 0. The number of likely N-dealkylation sites (tertiary alicyclic amines) is 1. The Morgan fingerprint density at radius 2 is 1.88 bits per heavy atom. The quantitative estimate of drug-likeness (QED) is 0.890. The first kappa shape index (κ1) is 17.7. The molecular formula is C18H17Cl2N3O2. The van der Waals surface area contributed by atoms with E-state index in [1.807, 2.05) is 0 Å². The highest BCUT2D eigenvalue weighted by Crippen LogP contribution is 2.21. The van der Waals surface area contributed by atoms with Crippen molar-refractivity contribution in [3.8, 4) is 0 Å². The van der Waals surface area contributed by atoms with Crippen molar-refractivity contribution in [3.05, 3.63) is 63.9 Å². The van der Waals surface area contributed by atoms with Gasteiger partial charge in [0.1, 0.15) is 5.69 Å². The predicted octanol–water partition coefficient (Wildman–Crippen LogP) is 3.42. The van der Waals surface area contributed by atoms with E-state index in [0.717, 1.165) is 0 Å². The van der Waals surface area contributed by atoms with Crippen LogP contribution in [0.4, 0.5) is 0 Å². The number of halogens is 2. The molecule has 1 aliphatic heterocycles. The van der Waals surface area contributed by atoms with Crippen molar-refractivity contribution in [2.75, 3.05) is 13.1 Å². The SMILES string of the molecule is O=C(NC1CCN(C(=O)c2ccccn2)CC1)c1ccc(Cl)cc1Cl. The average Bonchev–Trinajstić information content (AvgIpc) is 2.62. The molecule has 130 valence electrons. The van der Waals surface area contributed by atoms with E-state index in [1.54, 1.807) is 47.5 Å². The Balaban J connectivity index is 1.56. The molecule has 1 fully saturated rings. The van der Waals surface area contributed by atoms with E-state index in [1.165, 1.54) is 0 Å². The minimum Gasteiger partial charge on any atom is -0.349 e. The van der Waals surface area contributed by atoms with Gasteiger partial charge in [-0.2, -0.15) is 0 Å². The number of hydrogen-bond donors (Lipinski definition) is 1. The van der Waals surface area contributed by atoms with Gasteiger partial charge in [-0.3, -0.25) is 14.6 Å². The van der Waals surface area contributed by atoms with Crippen LogP contribution in [-0.4, -0.2) is 40.8 Å². The largest absolute Gasteiger partial charge is 0.349 e. The molecule has 1 aliphatic rings. The molecule has 0 bridgehead atoms. The molecule has 0 atom stereocenters. The Kier molecular flexibility index (Phi) is 5.56. The zero-order valence-electron chi connectivity index (χ0n) is 13.4. The van der Waals surface area contributed by atoms with Crippen LogP contribution in [0.3, 0.4) is 0 Å². The second-order valence-corrected chi connectivity index (χ2v) is 6.72. The molecule has 3 rings (SSSR count). The van der Waals surface area contributed by atoms with Crippen LogP contribution in [-0.2, 0) is 0 Å². The summed E-state index contributed by atoms with van der Waals surface area (Å²) >= 11 is 11.9. The monoisotopic (exact) mass is 377 g/mol. The number of hydrogen-bond acceptors (Lipinski definition) is 3. The van der Waals surface area contributed by atoms with Gasteiger partial charge in [-0.05, 0) is 43.2 Å². The van der Waals surface area contributed by atoms with Crippen LogP contribution in [0.2, 0.25) is 10.0 Å². The molecule has 1 N–H and O–H groups in total. The Hall–Kier alpha value is -2.11. The number of pyridine rings is 1. The molecule has 2 heterocycles. The normalized spacial score (nSPS) is 15.0. The third kappa shape index (κ3) is 4.30. The van der Waals surface area contributed by atoms with Crippen molar-refractivity contribution in [2.45, 2.75) is 18.9 Å². The van der Waals surface area contributed by atoms with Crippen molar-refractivity contribution >= 4 is 35.0 Å². The van der Waals surface area contributed by atoms with Gasteiger partial charge in [0.25, 0.3) is 11.8 Å². The summed E-state index contributed by atoms with van der Waals surface area (Å²) in [7, 11) is 0. The van der Waals surface area contributed by atoms with Crippen molar-refractivity contribution < 1.29 is 9.59 Å². The van der Waals surface area contributed by atoms with Crippen LogP contribution in [0.5, 0.6) is 0 Å². The smallest absolute Gasteiger partial charge is 0.272 e. The molecule has 0 spiro atoms. The van der Waals surface area contributed by atoms with Gasteiger partial charge in [0.2, 0.25) is 0 Å². The Labute approximate surface area is 155 Å². The maximum absolute atomic E-state index is 12.4. The van der Waals surface area contributed by atoms with E-state index in [4.69, 9.17) is 23.2 Å². The molecule has 1 aromatic carbocycles. The van der Waals surface area contributed by atoms with Gasteiger partial charge in [0.15, 0.2) is 0 Å². The second-order valence-electron chi connectivity index (χ2n) is 5.88. The third-order valence-corrected chi connectivity index (χ3v) is 4.72. The Morgan fingerprint density at radius 3 is 2.52 bits per heavy atom. The lowest BCUT2D eigenvalue weighted by Gasteiger charge is -2.32. The molecular weight excluding hydrogens is 361 g/mol. The van der Waals surface area contributed by atoms with Gasteiger partial charge in [0, 0.05) is 30.4 Å². The summed E-state index contributed by atoms with van der Waals surface area (Å²) in [6.07, 6.45) is 2.99. The van der Waals surface area contributed by atoms with Gasteiger partial charge in [-0.1, -0.05) is 29.3 Å². The van der Waals surface area contributed by atoms with Crippen molar-refractivity contribution in [2.24, 2.45) is 0 Å². The summed E-state index contributed by atoms with van der Waals surface area (Å²) in [6, 6.07) is 10.1. The lowest BCUT2D eigenvalue weighted by molar-refractivity contribution is 0.0692. The summed E-state index contributed by atoms with van der Waals surface area (Å²) in [5.41, 5.74) is 0.844. The first-order valence-corrected chi connectivity index (χ1v) is 8.76. The van der Waals surface area contributed by atoms with Gasteiger partial charge >= 0.3 is 0 Å². The van der Waals surface area contributed by atoms with Crippen LogP contribution >= 0.6 is 23.2 Å². The molecule has 2 aromatic rings. The zero-order chi connectivity index (χ0) is 17.8. The van der Waals surface area contributed by atoms with E-state index in [2.05, 4.69) is 10.3 Å². The Bertz CT molecular complexity index is 775. The number of rotatable bonds is 3. The number of nitrogens with zero attached hydrogens (tertiary/aromatic N) is 2. The van der Waals surface area contributed by atoms with Gasteiger partial charge in [-0.25, -0.2) is 0 Å². The predicted molar refractivity (Wildman–Crippen MR) is 97.1 cm³/mol. The highest BCUT2D eigenvalue weighted by molar-refractivity contribution is 6.36. The molecule has 0 radical (unpaired) electrons. The average molecular weight is 378 g/mol. The van der Waals surface area contributed by atoms with E-state index in [0.29, 0.717) is 47.2 Å². The van der Waals surface area contributed by atoms with E-state index >= 15 is 0 Å². The van der Waals surface area contributed by atoms with Crippen molar-refractivity contribution in [1.82, 2.24) is 15.2 Å². The summed E-state index contributed by atoms with van der Waals surface area (Å²) in [5, 5.41) is 3.79. The lowest BCUT2D eigenvalue weighted by Crippen LogP contribution is -2.46. The maximum Gasteiger partial charge on any atom is 0.272 e. The first-order valence-electron chi connectivity index (χ1n) is 8.01. The molecule has 0 unspecified atom stereocenters. The van der Waals surface area contributed by atoms with Crippen LogP contribution < -0.4 is 5.32 Å². The highest BCUT2D eigenvalue weighted by Gasteiger charge is 2.25. The van der Waals surface area contributed by atoms with E-state index in [-0.39, 0.29) is 17.9 Å². The standard InChI is InChI=1S/C18H17Cl2N3O2/c19-12-4-5-14(15(20)11-12)17(24)22-13-6-9-23(10-7-13)18(25)16-3-1-2-8-21-16/h1-5,8,11,13H,6-7,9-10H2,(H,22,24). The number of benzene rings is 1. The topological polar surface area (TPSA) is 62.3 Å². The highest BCUT2D eigenvalue weighted by atomic mass is 35.5. The Morgan fingerprint density at radius 1 is 1.12 bits per heavy atom. The summed E-state index contributed by atoms with van der Waals surface area (Å²) in [6.45, 7) is 1.16. The van der Waals surface area contributed by atoms with Gasteiger partial charge < -0.3 is 10.2 Å². The number of carbonyl (C=O) groups excluding carboxylic acids is 2. The first-order chi connectivity index (χ1) is 12.0. The van der Waals surface area contributed by atoms with Gasteiger partial charge in [0.05, 0.1) is 10.6 Å². The van der Waals surface area contributed by atoms with Gasteiger partial charge in [-0.15, -0.1) is 0 Å². The number of piperidine rings is 1. The third-order valence-electron chi connectivity index (χ3n) is 4.18. The van der Waals surface area contributed by atoms with Crippen LogP contribution in [0.25, 0.3) is 0 Å². The molecule has 0 aliphatic carbocycles. The fourth-order valence-electron chi connectivity index (χ4n) is 2.81. The van der Waals surface area contributed by atoms with Crippen molar-refractivity contribution in [3.63, 3.8) is 0 Å².